The van der Waals surface area contributed by atoms with E-state index in [1.165, 1.54) is 5.56 Å². The standard InChI is InChI=1S/C15H18N6/c1-10-4-5-11(8-12(10)20(2)3)18-14-15-17-6-7-21(15)9-13(16)19-14/h4-9H,16H2,1-3H3,(H,18,19). The van der Waals surface area contributed by atoms with E-state index in [0.29, 0.717) is 11.6 Å². The third-order valence-electron chi connectivity index (χ3n) is 3.35. The Labute approximate surface area is 123 Å². The number of rotatable bonds is 3. The van der Waals surface area contributed by atoms with Crippen molar-refractivity contribution in [1.82, 2.24) is 14.4 Å². The predicted octanol–water partition coefficient (Wildman–Crippen LogP) is 2.43. The molecule has 0 aliphatic carbocycles. The SMILES string of the molecule is Cc1ccc(Nc2nc(N)cn3ccnc23)cc1N(C)C. The number of nitrogen functional groups attached to an aromatic ring is 1. The van der Waals surface area contributed by atoms with Gasteiger partial charge >= 0.3 is 0 Å². The van der Waals surface area contributed by atoms with E-state index in [-0.39, 0.29) is 0 Å². The predicted molar refractivity (Wildman–Crippen MR) is 86.2 cm³/mol. The molecule has 2 aromatic heterocycles. The molecule has 0 amide bonds. The number of benzene rings is 1. The Bertz CT molecular complexity index is 790. The summed E-state index contributed by atoms with van der Waals surface area (Å²) in [5.74, 6) is 1.09. The van der Waals surface area contributed by atoms with E-state index in [1.807, 2.05) is 30.8 Å². The van der Waals surface area contributed by atoms with Gasteiger partial charge in [-0.15, -0.1) is 0 Å². The van der Waals surface area contributed by atoms with E-state index in [0.717, 1.165) is 17.0 Å². The number of aryl methyl sites for hydroxylation is 1. The molecule has 21 heavy (non-hydrogen) atoms. The largest absolute Gasteiger partial charge is 0.382 e. The van der Waals surface area contributed by atoms with Crippen LogP contribution in [-0.2, 0) is 0 Å². The Morgan fingerprint density at radius 3 is 2.86 bits per heavy atom. The number of imidazole rings is 1. The van der Waals surface area contributed by atoms with Crippen molar-refractivity contribution in [1.29, 1.82) is 0 Å². The molecule has 2 heterocycles. The molecule has 6 heteroatoms. The summed E-state index contributed by atoms with van der Waals surface area (Å²) in [5, 5.41) is 3.30. The van der Waals surface area contributed by atoms with Gasteiger partial charge in [0.2, 0.25) is 0 Å². The minimum Gasteiger partial charge on any atom is -0.382 e. The molecule has 0 bridgehead atoms. The molecule has 0 unspecified atom stereocenters. The van der Waals surface area contributed by atoms with E-state index in [9.17, 15) is 0 Å². The molecule has 3 N–H and O–H groups in total. The summed E-state index contributed by atoms with van der Waals surface area (Å²) in [7, 11) is 4.05. The Hall–Kier alpha value is -2.76. The van der Waals surface area contributed by atoms with Crippen molar-refractivity contribution in [3.8, 4) is 0 Å². The first kappa shape index (κ1) is 13.2. The molecule has 0 fully saturated rings. The highest BCUT2D eigenvalue weighted by atomic mass is 15.1. The zero-order chi connectivity index (χ0) is 15.0. The minimum atomic E-state index is 0.447. The Balaban J connectivity index is 2.02. The highest BCUT2D eigenvalue weighted by Gasteiger charge is 2.08. The molecular formula is C15H18N6. The van der Waals surface area contributed by atoms with Crippen LogP contribution in [0.2, 0.25) is 0 Å². The van der Waals surface area contributed by atoms with Gasteiger partial charge in [-0.25, -0.2) is 9.97 Å². The molecular weight excluding hydrogens is 264 g/mol. The fourth-order valence-corrected chi connectivity index (χ4v) is 2.34. The van der Waals surface area contributed by atoms with Crippen LogP contribution in [0.4, 0.5) is 23.0 Å². The van der Waals surface area contributed by atoms with Gasteiger partial charge in [0.05, 0.1) is 6.20 Å². The van der Waals surface area contributed by atoms with Gasteiger partial charge in [-0.05, 0) is 24.6 Å². The van der Waals surface area contributed by atoms with Crippen molar-refractivity contribution < 1.29 is 0 Å². The van der Waals surface area contributed by atoms with E-state index < -0.39 is 0 Å². The molecule has 1 aromatic carbocycles. The lowest BCUT2D eigenvalue weighted by atomic mass is 10.1. The van der Waals surface area contributed by atoms with E-state index >= 15 is 0 Å². The first-order valence-corrected chi connectivity index (χ1v) is 6.69. The van der Waals surface area contributed by atoms with E-state index in [1.54, 1.807) is 12.4 Å². The maximum Gasteiger partial charge on any atom is 0.180 e. The van der Waals surface area contributed by atoms with Crippen LogP contribution >= 0.6 is 0 Å². The zero-order valence-electron chi connectivity index (χ0n) is 12.3. The molecule has 0 radical (unpaired) electrons. The lowest BCUT2D eigenvalue weighted by Crippen LogP contribution is -2.10. The van der Waals surface area contributed by atoms with E-state index in [4.69, 9.17) is 5.73 Å². The van der Waals surface area contributed by atoms with Crippen molar-refractivity contribution in [2.75, 3.05) is 30.0 Å². The van der Waals surface area contributed by atoms with Crippen LogP contribution in [0.25, 0.3) is 5.65 Å². The zero-order valence-corrected chi connectivity index (χ0v) is 12.3. The number of aromatic nitrogens is 3. The fraction of sp³-hybridized carbons (Fsp3) is 0.200. The first-order valence-electron chi connectivity index (χ1n) is 6.69. The third kappa shape index (κ3) is 2.47. The van der Waals surface area contributed by atoms with E-state index in [2.05, 4.69) is 39.2 Å². The molecule has 3 aromatic rings. The highest BCUT2D eigenvalue weighted by molar-refractivity contribution is 5.73. The smallest absolute Gasteiger partial charge is 0.180 e. The normalized spacial score (nSPS) is 10.8. The average molecular weight is 282 g/mol. The molecule has 0 aliphatic rings. The second kappa shape index (κ2) is 4.97. The Kier molecular flexibility index (Phi) is 3.13. The van der Waals surface area contributed by atoms with Gasteiger partial charge in [0.1, 0.15) is 5.82 Å². The molecule has 6 nitrogen and oxygen atoms in total. The van der Waals surface area contributed by atoms with Crippen molar-refractivity contribution >= 4 is 28.7 Å². The quantitative estimate of drug-likeness (QED) is 0.772. The fourth-order valence-electron chi connectivity index (χ4n) is 2.34. The summed E-state index contributed by atoms with van der Waals surface area (Å²) in [6, 6.07) is 6.18. The average Bonchev–Trinajstić information content (AvgIpc) is 2.88. The van der Waals surface area contributed by atoms with Gasteiger partial charge in [-0.1, -0.05) is 6.07 Å². The van der Waals surface area contributed by atoms with Crippen LogP contribution in [0.5, 0.6) is 0 Å². The number of nitrogens with one attached hydrogen (secondary N) is 1. The first-order chi connectivity index (χ1) is 10.0. The van der Waals surface area contributed by atoms with Crippen molar-refractivity contribution in [3.63, 3.8) is 0 Å². The topological polar surface area (TPSA) is 71.5 Å². The summed E-state index contributed by atoms with van der Waals surface area (Å²) in [6.07, 6.45) is 5.31. The molecule has 0 saturated heterocycles. The second-order valence-electron chi connectivity index (χ2n) is 5.19. The summed E-state index contributed by atoms with van der Waals surface area (Å²) in [5.41, 5.74) is 9.90. The highest BCUT2D eigenvalue weighted by Crippen LogP contribution is 2.26. The van der Waals surface area contributed by atoms with Gasteiger partial charge < -0.3 is 20.4 Å². The van der Waals surface area contributed by atoms with Crippen LogP contribution < -0.4 is 16.0 Å². The van der Waals surface area contributed by atoms with Gasteiger partial charge in [0, 0.05) is 37.9 Å². The lowest BCUT2D eigenvalue weighted by molar-refractivity contribution is 1.11. The van der Waals surface area contributed by atoms with Crippen LogP contribution in [0.3, 0.4) is 0 Å². The van der Waals surface area contributed by atoms with Crippen molar-refractivity contribution in [3.05, 3.63) is 42.4 Å². The molecule has 0 aliphatic heterocycles. The molecule has 0 spiro atoms. The van der Waals surface area contributed by atoms with Gasteiger partial charge in [0.25, 0.3) is 0 Å². The van der Waals surface area contributed by atoms with Crippen molar-refractivity contribution in [2.24, 2.45) is 0 Å². The van der Waals surface area contributed by atoms with Gasteiger partial charge in [0.15, 0.2) is 11.5 Å². The molecule has 0 atom stereocenters. The maximum absolute atomic E-state index is 5.83. The summed E-state index contributed by atoms with van der Waals surface area (Å²) in [4.78, 5) is 10.7. The van der Waals surface area contributed by atoms with Gasteiger partial charge in [-0.2, -0.15) is 0 Å². The number of fused-ring (bicyclic) bond motifs is 1. The van der Waals surface area contributed by atoms with Crippen LogP contribution in [-0.4, -0.2) is 28.5 Å². The third-order valence-corrected chi connectivity index (χ3v) is 3.35. The maximum atomic E-state index is 5.83. The lowest BCUT2D eigenvalue weighted by Gasteiger charge is -2.17. The van der Waals surface area contributed by atoms with Crippen LogP contribution in [0.1, 0.15) is 5.56 Å². The number of hydrogen-bond acceptors (Lipinski definition) is 5. The Morgan fingerprint density at radius 1 is 1.29 bits per heavy atom. The molecule has 108 valence electrons. The van der Waals surface area contributed by atoms with Crippen molar-refractivity contribution in [2.45, 2.75) is 6.92 Å². The van der Waals surface area contributed by atoms with Crippen LogP contribution in [0, 0.1) is 6.92 Å². The van der Waals surface area contributed by atoms with Gasteiger partial charge in [-0.3, -0.25) is 0 Å². The number of nitrogens with zero attached hydrogens (tertiary/aromatic N) is 4. The summed E-state index contributed by atoms with van der Waals surface area (Å²) < 4.78 is 1.85. The number of anilines is 4. The number of hydrogen-bond donors (Lipinski definition) is 2. The minimum absolute atomic E-state index is 0.447. The van der Waals surface area contributed by atoms with Crippen LogP contribution in [0.15, 0.2) is 36.8 Å². The molecule has 0 saturated carbocycles. The Morgan fingerprint density at radius 2 is 2.10 bits per heavy atom. The second-order valence-corrected chi connectivity index (χ2v) is 5.19. The summed E-state index contributed by atoms with van der Waals surface area (Å²) in [6.45, 7) is 2.09. The molecule has 3 rings (SSSR count). The summed E-state index contributed by atoms with van der Waals surface area (Å²) >= 11 is 0. The number of nitrogens with two attached hydrogens (primary N) is 1. The monoisotopic (exact) mass is 282 g/mol.